The Morgan fingerprint density at radius 3 is 2.79 bits per heavy atom. The van der Waals surface area contributed by atoms with Crippen LogP contribution >= 0.6 is 0 Å². The SMILES string of the molecule is C[C@]12C[C@H](Oc3ccc(NC(=O)CCN4CCOCC4)c(F)c3)[C@@H]3c4ccc(O)cc4CC[C@H]3[C@@H]1CC[C@@H]2O. The van der Waals surface area contributed by atoms with Crippen molar-refractivity contribution in [3.05, 3.63) is 53.3 Å². The number of hydrogen-bond donors (Lipinski definition) is 3. The van der Waals surface area contributed by atoms with Gasteiger partial charge in [0, 0.05) is 43.5 Å². The van der Waals surface area contributed by atoms with Crippen LogP contribution in [0.2, 0.25) is 0 Å². The molecule has 3 fully saturated rings. The van der Waals surface area contributed by atoms with Crippen molar-refractivity contribution < 1.29 is 28.9 Å². The molecule has 0 radical (unpaired) electrons. The van der Waals surface area contributed by atoms with Crippen molar-refractivity contribution in [2.75, 3.05) is 38.2 Å². The molecule has 1 amide bonds. The molecule has 1 aliphatic heterocycles. The summed E-state index contributed by atoms with van der Waals surface area (Å²) in [6.45, 7) is 5.76. The van der Waals surface area contributed by atoms with Crippen LogP contribution < -0.4 is 10.1 Å². The molecule has 39 heavy (non-hydrogen) atoms. The van der Waals surface area contributed by atoms with E-state index in [9.17, 15) is 15.0 Å². The third-order valence-corrected chi connectivity index (χ3v) is 9.87. The van der Waals surface area contributed by atoms with Crippen LogP contribution in [0.4, 0.5) is 10.1 Å². The number of anilines is 1. The number of ether oxygens (including phenoxy) is 2. The molecule has 3 aliphatic carbocycles. The summed E-state index contributed by atoms with van der Waals surface area (Å²) < 4.78 is 27.0. The van der Waals surface area contributed by atoms with Crippen LogP contribution in [0, 0.1) is 23.1 Å². The van der Waals surface area contributed by atoms with E-state index in [1.54, 1.807) is 18.2 Å². The zero-order chi connectivity index (χ0) is 27.1. The van der Waals surface area contributed by atoms with Gasteiger partial charge in [-0.1, -0.05) is 13.0 Å². The second-order valence-corrected chi connectivity index (χ2v) is 12.1. The minimum atomic E-state index is -0.529. The van der Waals surface area contributed by atoms with E-state index in [0.717, 1.165) is 44.3 Å². The molecule has 0 spiro atoms. The Bertz CT molecular complexity index is 1220. The molecule has 1 saturated heterocycles. The van der Waals surface area contributed by atoms with E-state index in [2.05, 4.69) is 17.1 Å². The van der Waals surface area contributed by atoms with Gasteiger partial charge < -0.3 is 25.0 Å². The zero-order valence-electron chi connectivity index (χ0n) is 22.6. The maximum Gasteiger partial charge on any atom is 0.225 e. The maximum atomic E-state index is 15.1. The fourth-order valence-electron chi connectivity index (χ4n) is 7.85. The van der Waals surface area contributed by atoms with E-state index in [-0.39, 0.29) is 40.9 Å². The van der Waals surface area contributed by atoms with Crippen molar-refractivity contribution in [1.29, 1.82) is 0 Å². The molecule has 1 heterocycles. The van der Waals surface area contributed by atoms with E-state index in [4.69, 9.17) is 9.47 Å². The van der Waals surface area contributed by atoms with Gasteiger partial charge in [0.1, 0.15) is 23.4 Å². The van der Waals surface area contributed by atoms with Crippen LogP contribution in [-0.4, -0.2) is 66.1 Å². The number of halogens is 1. The average Bonchev–Trinajstić information content (AvgIpc) is 3.23. The topological polar surface area (TPSA) is 91.3 Å². The van der Waals surface area contributed by atoms with Crippen LogP contribution in [-0.2, 0) is 16.0 Å². The first-order valence-electron chi connectivity index (χ1n) is 14.4. The van der Waals surface area contributed by atoms with Gasteiger partial charge in [-0.05, 0) is 79.3 Å². The number of carbonyl (C=O) groups is 1. The van der Waals surface area contributed by atoms with Gasteiger partial charge >= 0.3 is 0 Å². The average molecular weight is 539 g/mol. The number of nitrogens with one attached hydrogen (secondary N) is 1. The van der Waals surface area contributed by atoms with Gasteiger partial charge in [0.15, 0.2) is 0 Å². The van der Waals surface area contributed by atoms with Crippen molar-refractivity contribution in [1.82, 2.24) is 4.90 Å². The Labute approximate surface area is 229 Å². The molecule has 0 aromatic heterocycles. The summed E-state index contributed by atoms with van der Waals surface area (Å²) in [7, 11) is 0. The molecule has 2 saturated carbocycles. The Balaban J connectivity index is 1.19. The summed E-state index contributed by atoms with van der Waals surface area (Å²) >= 11 is 0. The smallest absolute Gasteiger partial charge is 0.225 e. The van der Waals surface area contributed by atoms with Gasteiger partial charge in [-0.15, -0.1) is 0 Å². The molecule has 6 rings (SSSR count). The van der Waals surface area contributed by atoms with E-state index >= 15 is 4.39 Å². The summed E-state index contributed by atoms with van der Waals surface area (Å²) in [4.78, 5) is 14.6. The molecule has 0 bridgehead atoms. The van der Waals surface area contributed by atoms with Crippen molar-refractivity contribution >= 4 is 11.6 Å². The molecule has 0 unspecified atom stereocenters. The first-order valence-corrected chi connectivity index (χ1v) is 14.4. The van der Waals surface area contributed by atoms with Crippen LogP contribution in [0.1, 0.15) is 56.1 Å². The highest BCUT2D eigenvalue weighted by Gasteiger charge is 2.58. The number of carbonyl (C=O) groups excluding carboxylic acids is 1. The molecule has 3 N–H and O–H groups in total. The number of aliphatic hydroxyl groups excluding tert-OH is 1. The number of amides is 1. The quantitative estimate of drug-likeness (QED) is 0.503. The lowest BCUT2D eigenvalue weighted by Gasteiger charge is -2.53. The number of nitrogens with zero attached hydrogens (tertiary/aromatic N) is 1. The van der Waals surface area contributed by atoms with Crippen molar-refractivity contribution in [2.24, 2.45) is 17.3 Å². The van der Waals surface area contributed by atoms with E-state index in [1.165, 1.54) is 11.6 Å². The van der Waals surface area contributed by atoms with Gasteiger partial charge in [0.25, 0.3) is 0 Å². The molecule has 7 nitrogen and oxygen atoms in total. The lowest BCUT2D eigenvalue weighted by atomic mass is 9.54. The highest BCUT2D eigenvalue weighted by Crippen LogP contribution is 2.61. The lowest BCUT2D eigenvalue weighted by molar-refractivity contribution is -0.116. The number of morpholine rings is 1. The van der Waals surface area contributed by atoms with Crippen molar-refractivity contribution in [3.8, 4) is 11.5 Å². The van der Waals surface area contributed by atoms with Gasteiger partial charge in [-0.2, -0.15) is 0 Å². The number of phenolic OH excluding ortho intramolecular Hbond substituents is 1. The number of hydrogen-bond acceptors (Lipinski definition) is 6. The van der Waals surface area contributed by atoms with Crippen molar-refractivity contribution in [2.45, 2.75) is 63.6 Å². The van der Waals surface area contributed by atoms with Gasteiger partial charge in [0.05, 0.1) is 25.0 Å². The number of aromatic hydroxyl groups is 1. The maximum absolute atomic E-state index is 15.1. The predicted octanol–water partition coefficient (Wildman–Crippen LogP) is 4.47. The number of aliphatic hydroxyl groups is 1. The Morgan fingerprint density at radius 1 is 1.18 bits per heavy atom. The van der Waals surface area contributed by atoms with E-state index in [1.807, 2.05) is 12.1 Å². The number of aryl methyl sites for hydroxylation is 1. The first-order chi connectivity index (χ1) is 18.8. The second-order valence-electron chi connectivity index (χ2n) is 12.1. The van der Waals surface area contributed by atoms with E-state index in [0.29, 0.717) is 50.2 Å². The highest BCUT2D eigenvalue weighted by molar-refractivity contribution is 5.91. The molecule has 2 aromatic carbocycles. The first kappa shape index (κ1) is 26.5. The summed E-state index contributed by atoms with van der Waals surface area (Å²) in [5.74, 6) is 0.817. The summed E-state index contributed by atoms with van der Waals surface area (Å²) in [6.07, 6.45) is 4.05. The minimum absolute atomic E-state index is 0.111. The lowest BCUT2D eigenvalue weighted by Crippen LogP contribution is -2.51. The monoisotopic (exact) mass is 538 g/mol. The van der Waals surface area contributed by atoms with Crippen molar-refractivity contribution in [3.63, 3.8) is 0 Å². The minimum Gasteiger partial charge on any atom is -0.508 e. The Morgan fingerprint density at radius 2 is 2.00 bits per heavy atom. The third-order valence-electron chi connectivity index (χ3n) is 9.87. The van der Waals surface area contributed by atoms with Crippen LogP contribution in [0.25, 0.3) is 0 Å². The molecule has 8 heteroatoms. The molecular weight excluding hydrogens is 499 g/mol. The highest BCUT2D eigenvalue weighted by atomic mass is 19.1. The predicted molar refractivity (Wildman–Crippen MR) is 145 cm³/mol. The summed E-state index contributed by atoms with van der Waals surface area (Å²) in [5.41, 5.74) is 2.25. The summed E-state index contributed by atoms with van der Waals surface area (Å²) in [6, 6.07) is 10.3. The number of rotatable bonds is 6. The number of phenols is 1. The van der Waals surface area contributed by atoms with E-state index < -0.39 is 5.82 Å². The summed E-state index contributed by atoms with van der Waals surface area (Å²) in [5, 5.41) is 23.8. The molecular formula is C31H39FN2O5. The van der Waals surface area contributed by atoms with Crippen LogP contribution in [0.5, 0.6) is 11.5 Å². The molecule has 4 aliphatic rings. The molecule has 2 aromatic rings. The van der Waals surface area contributed by atoms with Gasteiger partial charge in [-0.25, -0.2) is 4.39 Å². The Kier molecular flexibility index (Phi) is 7.29. The zero-order valence-corrected chi connectivity index (χ0v) is 22.6. The Hall–Kier alpha value is -2.68. The normalized spacial score (nSPS) is 32.1. The van der Waals surface area contributed by atoms with Crippen LogP contribution in [0.15, 0.2) is 36.4 Å². The molecule has 210 valence electrons. The largest absolute Gasteiger partial charge is 0.508 e. The molecule has 6 atom stereocenters. The standard InChI is InChI=1S/C31H39FN2O5/c1-31-18-27(30-22-6-3-20(35)16-19(22)2-5-23(30)24(31)7-9-28(31)36)39-21-4-8-26(25(32)17-21)33-29(37)10-11-34-12-14-38-15-13-34/h3-4,6,8,16-17,23-24,27-28,30,35-36H,2,5,7,9-15,18H2,1H3,(H,33,37)/t23-,24-,27-,28-,30+,31-/m0/s1. The second kappa shape index (κ2) is 10.7. The van der Waals surface area contributed by atoms with Gasteiger partial charge in [-0.3, -0.25) is 9.69 Å². The number of benzene rings is 2. The number of fused-ring (bicyclic) bond motifs is 5. The fourth-order valence-corrected chi connectivity index (χ4v) is 7.85. The van der Waals surface area contributed by atoms with Gasteiger partial charge in [0.2, 0.25) is 5.91 Å². The third kappa shape index (κ3) is 5.14. The van der Waals surface area contributed by atoms with Crippen LogP contribution in [0.3, 0.4) is 0 Å². The fraction of sp³-hybridized carbons (Fsp3) is 0.581.